The molecular formula is C17H20FN3O. The molecular weight excluding hydrogens is 281 g/mol. The van der Waals surface area contributed by atoms with Gasteiger partial charge in [-0.25, -0.2) is 4.39 Å². The molecule has 4 nitrogen and oxygen atoms in total. The van der Waals surface area contributed by atoms with Crippen LogP contribution in [0.1, 0.15) is 26.2 Å². The molecule has 5 heteroatoms. The predicted molar refractivity (Wildman–Crippen MR) is 84.1 cm³/mol. The Morgan fingerprint density at radius 1 is 1.23 bits per heavy atom. The van der Waals surface area contributed by atoms with E-state index < -0.39 is 0 Å². The first-order valence-electron chi connectivity index (χ1n) is 7.74. The van der Waals surface area contributed by atoms with Crippen molar-refractivity contribution >= 4 is 5.82 Å². The lowest BCUT2D eigenvalue weighted by Crippen LogP contribution is -2.32. The van der Waals surface area contributed by atoms with Gasteiger partial charge in [-0.1, -0.05) is 6.92 Å². The molecule has 22 heavy (non-hydrogen) atoms. The van der Waals surface area contributed by atoms with Crippen LogP contribution in [0.5, 0.6) is 0 Å². The summed E-state index contributed by atoms with van der Waals surface area (Å²) in [5.41, 5.74) is 1.59. The molecule has 0 aliphatic carbocycles. The highest BCUT2D eigenvalue weighted by molar-refractivity contribution is 5.59. The van der Waals surface area contributed by atoms with Crippen molar-refractivity contribution in [2.75, 3.05) is 11.9 Å². The summed E-state index contributed by atoms with van der Waals surface area (Å²) in [7, 11) is 0. The van der Waals surface area contributed by atoms with Crippen LogP contribution in [-0.2, 0) is 4.74 Å². The first-order chi connectivity index (χ1) is 10.8. The number of hydrogen-bond acceptors (Lipinski definition) is 4. The van der Waals surface area contributed by atoms with Crippen LogP contribution in [0.2, 0.25) is 0 Å². The number of benzene rings is 1. The third-order valence-electron chi connectivity index (χ3n) is 3.99. The van der Waals surface area contributed by atoms with Gasteiger partial charge < -0.3 is 10.1 Å². The van der Waals surface area contributed by atoms with E-state index in [-0.39, 0.29) is 18.0 Å². The van der Waals surface area contributed by atoms with Gasteiger partial charge in [0.05, 0.1) is 17.8 Å². The zero-order valence-corrected chi connectivity index (χ0v) is 12.6. The maximum atomic E-state index is 12.9. The van der Waals surface area contributed by atoms with E-state index in [1.165, 1.54) is 12.1 Å². The molecule has 1 saturated heterocycles. The second-order valence-corrected chi connectivity index (χ2v) is 5.52. The summed E-state index contributed by atoms with van der Waals surface area (Å²) < 4.78 is 18.7. The minimum absolute atomic E-state index is 0.252. The highest BCUT2D eigenvalue weighted by Gasteiger charge is 2.24. The molecule has 3 rings (SSSR count). The van der Waals surface area contributed by atoms with Crippen molar-refractivity contribution in [1.29, 1.82) is 0 Å². The highest BCUT2D eigenvalue weighted by atomic mass is 19.1. The number of nitrogens with one attached hydrogen (secondary N) is 1. The van der Waals surface area contributed by atoms with Crippen LogP contribution in [-0.4, -0.2) is 29.0 Å². The molecule has 1 aliphatic heterocycles. The Hall–Kier alpha value is -2.01. The summed E-state index contributed by atoms with van der Waals surface area (Å²) in [6.45, 7) is 2.98. The van der Waals surface area contributed by atoms with Crippen LogP contribution in [0, 0.1) is 5.82 Å². The summed E-state index contributed by atoms with van der Waals surface area (Å²) in [4.78, 5) is 0. The van der Waals surface area contributed by atoms with Gasteiger partial charge in [-0.3, -0.25) is 0 Å². The number of halogens is 1. The second kappa shape index (κ2) is 6.83. The standard InChI is InChI=1S/C17H20FN3O/c1-2-14(16-4-3-11-22-16)19-17-10-9-15(20-21-17)12-5-7-13(18)8-6-12/h5-10,14,16H,2-4,11H2,1H3,(H,19,21). The van der Waals surface area contributed by atoms with Gasteiger partial charge in [0.2, 0.25) is 0 Å². The third kappa shape index (κ3) is 3.42. The van der Waals surface area contributed by atoms with Crippen molar-refractivity contribution < 1.29 is 9.13 Å². The minimum atomic E-state index is -0.252. The predicted octanol–water partition coefficient (Wildman–Crippen LogP) is 3.65. The summed E-state index contributed by atoms with van der Waals surface area (Å²) in [5, 5.41) is 11.8. The van der Waals surface area contributed by atoms with Crippen LogP contribution in [0.4, 0.5) is 10.2 Å². The smallest absolute Gasteiger partial charge is 0.148 e. The largest absolute Gasteiger partial charge is 0.376 e. The number of ether oxygens (including phenoxy) is 1. The van der Waals surface area contributed by atoms with Gasteiger partial charge in [-0.05, 0) is 55.7 Å². The summed E-state index contributed by atoms with van der Waals surface area (Å²) >= 11 is 0. The fourth-order valence-electron chi connectivity index (χ4n) is 2.75. The molecule has 1 aromatic heterocycles. The fraction of sp³-hybridized carbons (Fsp3) is 0.412. The molecule has 0 saturated carbocycles. The summed E-state index contributed by atoms with van der Waals surface area (Å²) in [5.74, 6) is 0.491. The quantitative estimate of drug-likeness (QED) is 0.915. The zero-order chi connectivity index (χ0) is 15.4. The highest BCUT2D eigenvalue weighted by Crippen LogP contribution is 2.22. The molecule has 1 aliphatic rings. The van der Waals surface area contributed by atoms with Crippen molar-refractivity contribution in [1.82, 2.24) is 10.2 Å². The molecule has 2 unspecified atom stereocenters. The molecule has 2 heterocycles. The average Bonchev–Trinajstić information content (AvgIpc) is 3.08. The Morgan fingerprint density at radius 2 is 2.05 bits per heavy atom. The van der Waals surface area contributed by atoms with Crippen LogP contribution in [0.3, 0.4) is 0 Å². The van der Waals surface area contributed by atoms with Crippen LogP contribution in [0.25, 0.3) is 11.3 Å². The van der Waals surface area contributed by atoms with Crippen LogP contribution in [0.15, 0.2) is 36.4 Å². The first kappa shape index (κ1) is 14.9. The number of aromatic nitrogens is 2. The van der Waals surface area contributed by atoms with Crippen LogP contribution < -0.4 is 5.32 Å². The number of rotatable bonds is 5. The van der Waals surface area contributed by atoms with E-state index in [4.69, 9.17) is 4.74 Å². The van der Waals surface area contributed by atoms with E-state index in [0.717, 1.165) is 42.9 Å². The van der Waals surface area contributed by atoms with E-state index in [1.54, 1.807) is 12.1 Å². The maximum absolute atomic E-state index is 12.9. The molecule has 0 bridgehead atoms. The van der Waals surface area contributed by atoms with Crippen molar-refractivity contribution in [2.45, 2.75) is 38.3 Å². The van der Waals surface area contributed by atoms with Crippen molar-refractivity contribution in [3.05, 3.63) is 42.2 Å². The number of nitrogens with zero attached hydrogens (tertiary/aromatic N) is 2. The van der Waals surface area contributed by atoms with Gasteiger partial charge in [-0.2, -0.15) is 0 Å². The molecule has 2 atom stereocenters. The Labute approximate surface area is 129 Å². The molecule has 0 spiro atoms. The Bertz CT molecular complexity index is 594. The molecule has 2 aromatic rings. The third-order valence-corrected chi connectivity index (χ3v) is 3.99. The van der Waals surface area contributed by atoms with E-state index >= 15 is 0 Å². The van der Waals surface area contributed by atoms with Crippen molar-refractivity contribution in [3.8, 4) is 11.3 Å². The van der Waals surface area contributed by atoms with Gasteiger partial charge in [0, 0.05) is 12.2 Å². The molecule has 1 fully saturated rings. The normalized spacial score (nSPS) is 19.1. The van der Waals surface area contributed by atoms with Gasteiger partial charge in [0.25, 0.3) is 0 Å². The molecule has 0 amide bonds. The topological polar surface area (TPSA) is 47.0 Å². The Morgan fingerprint density at radius 3 is 2.64 bits per heavy atom. The van der Waals surface area contributed by atoms with Crippen molar-refractivity contribution in [3.63, 3.8) is 0 Å². The minimum Gasteiger partial charge on any atom is -0.376 e. The molecule has 116 valence electrons. The SMILES string of the molecule is CCC(Nc1ccc(-c2ccc(F)cc2)nn1)C1CCCO1. The fourth-order valence-corrected chi connectivity index (χ4v) is 2.75. The Kier molecular flexibility index (Phi) is 4.63. The van der Waals surface area contributed by atoms with Gasteiger partial charge >= 0.3 is 0 Å². The van der Waals surface area contributed by atoms with Gasteiger partial charge in [0.15, 0.2) is 0 Å². The van der Waals surface area contributed by atoms with Crippen molar-refractivity contribution in [2.24, 2.45) is 0 Å². The summed E-state index contributed by atoms with van der Waals surface area (Å²) in [6.07, 6.45) is 3.44. The monoisotopic (exact) mass is 301 g/mol. The van der Waals surface area contributed by atoms with E-state index in [2.05, 4.69) is 22.4 Å². The lowest BCUT2D eigenvalue weighted by atomic mass is 10.1. The second-order valence-electron chi connectivity index (χ2n) is 5.52. The van der Waals surface area contributed by atoms with E-state index in [9.17, 15) is 4.39 Å². The zero-order valence-electron chi connectivity index (χ0n) is 12.6. The average molecular weight is 301 g/mol. The first-order valence-corrected chi connectivity index (χ1v) is 7.74. The van der Waals surface area contributed by atoms with Crippen LogP contribution >= 0.6 is 0 Å². The van der Waals surface area contributed by atoms with E-state index in [0.29, 0.717) is 0 Å². The van der Waals surface area contributed by atoms with Gasteiger partial charge in [-0.15, -0.1) is 10.2 Å². The number of anilines is 1. The Balaban J connectivity index is 1.69. The number of hydrogen-bond donors (Lipinski definition) is 1. The lowest BCUT2D eigenvalue weighted by molar-refractivity contribution is 0.0942. The van der Waals surface area contributed by atoms with E-state index in [1.807, 2.05) is 12.1 Å². The summed E-state index contributed by atoms with van der Waals surface area (Å²) in [6, 6.07) is 10.3. The lowest BCUT2D eigenvalue weighted by Gasteiger charge is -2.23. The molecule has 1 aromatic carbocycles. The molecule has 0 radical (unpaired) electrons. The van der Waals surface area contributed by atoms with Gasteiger partial charge in [0.1, 0.15) is 11.6 Å². The molecule has 1 N–H and O–H groups in total. The maximum Gasteiger partial charge on any atom is 0.148 e.